The largest absolute Gasteiger partial charge is 0.395 e. The monoisotopic (exact) mass is 236 g/mol. The zero-order valence-electron chi connectivity index (χ0n) is 10.9. The van der Waals surface area contributed by atoms with E-state index in [0.29, 0.717) is 11.4 Å². The second-order valence-corrected chi connectivity index (χ2v) is 5.40. The summed E-state index contributed by atoms with van der Waals surface area (Å²) in [5.74, 6) is -0.118. The Bertz CT molecular complexity index is 461. The second kappa shape index (κ2) is 3.75. The smallest absolute Gasteiger partial charge is 0.271 e. The zero-order chi connectivity index (χ0) is 12.8. The number of hydrogen-bond acceptors (Lipinski definition) is 3. The van der Waals surface area contributed by atoms with Crippen molar-refractivity contribution in [1.82, 2.24) is 15.1 Å². The molecule has 1 atom stereocenters. The minimum Gasteiger partial charge on any atom is -0.395 e. The number of amides is 1. The molecule has 5 nitrogen and oxygen atoms in total. The lowest BCUT2D eigenvalue weighted by Gasteiger charge is -2.07. The zero-order valence-corrected chi connectivity index (χ0v) is 10.9. The first-order valence-corrected chi connectivity index (χ1v) is 5.99. The van der Waals surface area contributed by atoms with Gasteiger partial charge in [0.25, 0.3) is 5.91 Å². The number of anilines is 1. The highest BCUT2D eigenvalue weighted by Crippen LogP contribution is 2.44. The van der Waals surface area contributed by atoms with Gasteiger partial charge in [0, 0.05) is 13.1 Å². The number of hydrogen-bond donors (Lipinski definition) is 2. The summed E-state index contributed by atoms with van der Waals surface area (Å²) in [7, 11) is 1.75. The number of nitrogen functional groups attached to an aromatic ring is 1. The maximum absolute atomic E-state index is 12.1. The van der Waals surface area contributed by atoms with Crippen molar-refractivity contribution >= 4 is 11.6 Å². The third-order valence-electron chi connectivity index (χ3n) is 3.53. The van der Waals surface area contributed by atoms with E-state index in [1.54, 1.807) is 11.7 Å². The van der Waals surface area contributed by atoms with Gasteiger partial charge in [0.2, 0.25) is 0 Å². The van der Waals surface area contributed by atoms with Crippen LogP contribution in [0.25, 0.3) is 0 Å². The van der Waals surface area contributed by atoms with Crippen LogP contribution < -0.4 is 11.1 Å². The molecule has 1 heterocycles. The summed E-state index contributed by atoms with van der Waals surface area (Å²) in [6.07, 6.45) is 1.76. The topological polar surface area (TPSA) is 72.9 Å². The fourth-order valence-electron chi connectivity index (χ4n) is 2.07. The van der Waals surface area contributed by atoms with E-state index in [4.69, 9.17) is 5.73 Å². The van der Waals surface area contributed by atoms with Crippen molar-refractivity contribution in [3.63, 3.8) is 0 Å². The molecule has 2 rings (SSSR count). The Morgan fingerprint density at radius 1 is 1.65 bits per heavy atom. The summed E-state index contributed by atoms with van der Waals surface area (Å²) < 4.78 is 1.57. The van der Waals surface area contributed by atoms with Crippen molar-refractivity contribution in [3.05, 3.63) is 11.4 Å². The highest BCUT2D eigenvalue weighted by molar-refractivity contribution is 5.98. The lowest BCUT2D eigenvalue weighted by atomic mass is 10.2. The number of nitrogens with zero attached hydrogens (tertiary/aromatic N) is 2. The minimum absolute atomic E-state index is 0.118. The molecule has 1 saturated carbocycles. The molecule has 0 spiro atoms. The maximum atomic E-state index is 12.1. The number of carbonyl (C=O) groups is 1. The van der Waals surface area contributed by atoms with Crippen LogP contribution in [0.5, 0.6) is 0 Å². The van der Waals surface area contributed by atoms with Crippen molar-refractivity contribution in [2.24, 2.45) is 12.5 Å². The van der Waals surface area contributed by atoms with Crippen molar-refractivity contribution < 1.29 is 4.79 Å². The third kappa shape index (κ3) is 2.01. The van der Waals surface area contributed by atoms with E-state index in [2.05, 4.69) is 24.3 Å². The van der Waals surface area contributed by atoms with E-state index < -0.39 is 0 Å². The van der Waals surface area contributed by atoms with Gasteiger partial charge in [0.15, 0.2) is 0 Å². The molecule has 0 radical (unpaired) electrons. The van der Waals surface area contributed by atoms with Crippen molar-refractivity contribution in [2.45, 2.75) is 39.7 Å². The molecular weight excluding hydrogens is 216 g/mol. The van der Waals surface area contributed by atoms with Crippen LogP contribution in [-0.4, -0.2) is 21.7 Å². The number of carbonyl (C=O) groups excluding carboxylic acids is 1. The van der Waals surface area contributed by atoms with E-state index >= 15 is 0 Å². The molecule has 1 aromatic heterocycles. The van der Waals surface area contributed by atoms with Gasteiger partial charge in [-0.15, -0.1) is 0 Å². The number of aryl methyl sites for hydroxylation is 2. The number of nitrogens with two attached hydrogens (primary N) is 1. The van der Waals surface area contributed by atoms with Gasteiger partial charge in [-0.25, -0.2) is 0 Å². The Labute approximate surface area is 101 Å². The van der Waals surface area contributed by atoms with E-state index in [1.807, 2.05) is 6.92 Å². The van der Waals surface area contributed by atoms with E-state index in [9.17, 15) is 4.79 Å². The first kappa shape index (κ1) is 12.0. The lowest BCUT2D eigenvalue weighted by Crippen LogP contribution is -2.30. The molecule has 0 saturated heterocycles. The van der Waals surface area contributed by atoms with Crippen LogP contribution in [0.1, 0.15) is 43.4 Å². The Morgan fingerprint density at radius 2 is 2.24 bits per heavy atom. The highest BCUT2D eigenvalue weighted by atomic mass is 16.2. The van der Waals surface area contributed by atoms with E-state index in [0.717, 1.165) is 18.5 Å². The van der Waals surface area contributed by atoms with Gasteiger partial charge in [0.05, 0.1) is 11.4 Å². The summed E-state index contributed by atoms with van der Waals surface area (Å²) in [5.41, 5.74) is 7.92. The molecule has 1 aliphatic rings. The first-order chi connectivity index (χ1) is 7.86. The molecule has 0 aliphatic heterocycles. The molecule has 1 fully saturated rings. The first-order valence-electron chi connectivity index (χ1n) is 5.99. The van der Waals surface area contributed by atoms with Crippen LogP contribution in [0, 0.1) is 5.41 Å². The highest BCUT2D eigenvalue weighted by Gasteiger charge is 2.47. The molecule has 1 amide bonds. The Balaban J connectivity index is 2.17. The predicted molar refractivity (Wildman–Crippen MR) is 66.7 cm³/mol. The Morgan fingerprint density at radius 3 is 2.65 bits per heavy atom. The van der Waals surface area contributed by atoms with Gasteiger partial charge in [-0.2, -0.15) is 5.10 Å². The summed E-state index contributed by atoms with van der Waals surface area (Å²) >= 11 is 0. The van der Waals surface area contributed by atoms with Crippen LogP contribution in [-0.2, 0) is 13.5 Å². The van der Waals surface area contributed by atoms with Gasteiger partial charge in [0.1, 0.15) is 5.69 Å². The molecule has 1 unspecified atom stereocenters. The van der Waals surface area contributed by atoms with Crippen LogP contribution in [0.3, 0.4) is 0 Å². The molecular formula is C12H20N4O. The average Bonchev–Trinajstić information content (AvgIpc) is 2.68. The quantitative estimate of drug-likeness (QED) is 0.825. The van der Waals surface area contributed by atoms with Crippen LogP contribution in [0.15, 0.2) is 0 Å². The number of nitrogens with one attached hydrogen (secondary N) is 1. The average molecular weight is 236 g/mol. The molecule has 5 heteroatoms. The van der Waals surface area contributed by atoms with E-state index in [1.165, 1.54) is 0 Å². The maximum Gasteiger partial charge on any atom is 0.271 e. The third-order valence-corrected chi connectivity index (χ3v) is 3.53. The molecule has 94 valence electrons. The van der Waals surface area contributed by atoms with Crippen molar-refractivity contribution in [1.29, 1.82) is 0 Å². The van der Waals surface area contributed by atoms with Crippen molar-refractivity contribution in [3.8, 4) is 0 Å². The predicted octanol–water partition coefficient (Wildman–Crippen LogP) is 1.09. The fraction of sp³-hybridized carbons (Fsp3) is 0.667. The van der Waals surface area contributed by atoms with Crippen LogP contribution in [0.4, 0.5) is 5.69 Å². The molecule has 0 aromatic carbocycles. The standard InChI is InChI=1S/C12H20N4O/c1-5-7-9(13)10(16(4)15-7)11(17)14-8-6-12(8,2)3/h8H,5-6,13H2,1-4H3,(H,14,17). The van der Waals surface area contributed by atoms with Gasteiger partial charge in [-0.05, 0) is 18.3 Å². The van der Waals surface area contributed by atoms with Crippen LogP contribution in [0.2, 0.25) is 0 Å². The number of rotatable bonds is 3. The minimum atomic E-state index is -0.118. The van der Waals surface area contributed by atoms with Gasteiger partial charge >= 0.3 is 0 Å². The summed E-state index contributed by atoms with van der Waals surface area (Å²) in [6, 6.07) is 0.259. The molecule has 1 aliphatic carbocycles. The lowest BCUT2D eigenvalue weighted by molar-refractivity contribution is 0.0938. The van der Waals surface area contributed by atoms with E-state index in [-0.39, 0.29) is 17.4 Å². The van der Waals surface area contributed by atoms with Gasteiger partial charge in [-0.3, -0.25) is 9.48 Å². The summed E-state index contributed by atoms with van der Waals surface area (Å²) in [5, 5.41) is 7.24. The fourth-order valence-corrected chi connectivity index (χ4v) is 2.07. The van der Waals surface area contributed by atoms with Gasteiger partial charge < -0.3 is 11.1 Å². The molecule has 1 aromatic rings. The Kier molecular flexibility index (Phi) is 2.64. The summed E-state index contributed by atoms with van der Waals surface area (Å²) in [6.45, 7) is 6.26. The molecule has 17 heavy (non-hydrogen) atoms. The normalized spacial score (nSPS) is 21.3. The van der Waals surface area contributed by atoms with Gasteiger partial charge in [-0.1, -0.05) is 20.8 Å². The van der Waals surface area contributed by atoms with Crippen molar-refractivity contribution in [2.75, 3.05) is 5.73 Å². The second-order valence-electron chi connectivity index (χ2n) is 5.40. The van der Waals surface area contributed by atoms with Crippen LogP contribution >= 0.6 is 0 Å². The SMILES string of the molecule is CCc1nn(C)c(C(=O)NC2CC2(C)C)c1N. The molecule has 0 bridgehead atoms. The Hall–Kier alpha value is -1.52. The number of aromatic nitrogens is 2. The summed E-state index contributed by atoms with van der Waals surface area (Å²) in [4.78, 5) is 12.1. The molecule has 3 N–H and O–H groups in total.